The SMILES string of the molecule is Cc1ccc(S2(c3ccc(C)cc3)c3ccccc3-c3cccc(-c4nc(-c5ccccc5)nc(-c5ccccc5)n4)c32)cc1. The first-order valence-electron chi connectivity index (χ1n) is 15.2. The van der Waals surface area contributed by atoms with Crippen LogP contribution in [0, 0.1) is 13.8 Å². The summed E-state index contributed by atoms with van der Waals surface area (Å²) in [5.74, 6) is 2.01. The van der Waals surface area contributed by atoms with Crippen LogP contribution in [-0.2, 0) is 0 Å². The maximum Gasteiger partial charge on any atom is 0.165 e. The molecule has 6 aromatic carbocycles. The summed E-state index contributed by atoms with van der Waals surface area (Å²) in [6, 6.07) is 54.2. The number of benzene rings is 6. The van der Waals surface area contributed by atoms with Gasteiger partial charge in [0.2, 0.25) is 0 Å². The Morgan fingerprint density at radius 2 is 0.822 bits per heavy atom. The Hall–Kier alpha value is -5.32. The summed E-state index contributed by atoms with van der Waals surface area (Å²) < 4.78 is 0. The quantitative estimate of drug-likeness (QED) is 0.198. The van der Waals surface area contributed by atoms with E-state index in [1.165, 1.54) is 41.8 Å². The number of nitrogens with zero attached hydrogens (tertiary/aromatic N) is 3. The van der Waals surface area contributed by atoms with Crippen LogP contribution in [0.2, 0.25) is 0 Å². The maximum atomic E-state index is 5.21. The maximum absolute atomic E-state index is 5.21. The Morgan fingerprint density at radius 1 is 0.378 bits per heavy atom. The Kier molecular flexibility index (Phi) is 6.66. The van der Waals surface area contributed by atoms with Gasteiger partial charge in [-0.2, -0.15) is 0 Å². The normalized spacial score (nSPS) is 13.6. The van der Waals surface area contributed by atoms with E-state index in [9.17, 15) is 0 Å². The molecule has 0 saturated heterocycles. The summed E-state index contributed by atoms with van der Waals surface area (Å²) in [5, 5.41) is 0. The Bertz CT molecular complexity index is 2050. The van der Waals surface area contributed by atoms with Crippen LogP contribution < -0.4 is 0 Å². The molecular formula is C41H31N3S. The van der Waals surface area contributed by atoms with E-state index in [2.05, 4.69) is 129 Å². The largest absolute Gasteiger partial charge is 0.208 e. The monoisotopic (exact) mass is 597 g/mol. The number of hydrogen-bond acceptors (Lipinski definition) is 3. The van der Waals surface area contributed by atoms with Crippen molar-refractivity contribution in [1.82, 2.24) is 15.0 Å². The summed E-state index contributed by atoms with van der Waals surface area (Å²) in [6.45, 7) is 4.31. The van der Waals surface area contributed by atoms with Crippen molar-refractivity contribution in [3.05, 3.63) is 163 Å². The lowest BCUT2D eigenvalue weighted by Gasteiger charge is -2.40. The fourth-order valence-corrected chi connectivity index (χ4v) is 10.7. The smallest absolute Gasteiger partial charge is 0.165 e. The van der Waals surface area contributed by atoms with Crippen LogP contribution in [-0.4, -0.2) is 15.0 Å². The van der Waals surface area contributed by atoms with Gasteiger partial charge in [0.1, 0.15) is 0 Å². The Balaban J connectivity index is 1.49. The first-order chi connectivity index (χ1) is 22.1. The second kappa shape index (κ2) is 11.0. The third-order valence-corrected chi connectivity index (χ3v) is 12.5. The van der Waals surface area contributed by atoms with Crippen LogP contribution in [0.4, 0.5) is 0 Å². The molecule has 0 radical (unpaired) electrons. The van der Waals surface area contributed by atoms with E-state index < -0.39 is 10.0 Å². The van der Waals surface area contributed by atoms with Crippen LogP contribution in [0.25, 0.3) is 45.3 Å². The average Bonchev–Trinajstić information content (AvgIpc) is 3.41. The van der Waals surface area contributed by atoms with E-state index in [4.69, 9.17) is 15.0 Å². The summed E-state index contributed by atoms with van der Waals surface area (Å²) in [4.78, 5) is 20.6. The number of aryl methyl sites for hydroxylation is 2. The molecule has 0 fully saturated rings. The Morgan fingerprint density at radius 3 is 1.38 bits per heavy atom. The molecule has 7 aromatic rings. The molecule has 1 aliphatic heterocycles. The third-order valence-electron chi connectivity index (χ3n) is 8.52. The van der Waals surface area contributed by atoms with Crippen LogP contribution in [0.5, 0.6) is 0 Å². The highest BCUT2D eigenvalue weighted by Crippen LogP contribution is 2.81. The van der Waals surface area contributed by atoms with Gasteiger partial charge in [0.15, 0.2) is 17.5 Å². The third kappa shape index (κ3) is 4.49. The molecule has 2 heterocycles. The summed E-state index contributed by atoms with van der Waals surface area (Å²) in [6.07, 6.45) is 0. The molecule has 0 spiro atoms. The van der Waals surface area contributed by atoms with Crippen molar-refractivity contribution < 1.29 is 0 Å². The number of hydrogen-bond donors (Lipinski definition) is 0. The average molecular weight is 598 g/mol. The van der Waals surface area contributed by atoms with E-state index >= 15 is 0 Å². The van der Waals surface area contributed by atoms with Crippen LogP contribution in [0.3, 0.4) is 0 Å². The molecule has 0 bridgehead atoms. The molecule has 0 unspecified atom stereocenters. The van der Waals surface area contributed by atoms with Gasteiger partial charge < -0.3 is 0 Å². The zero-order chi connectivity index (χ0) is 30.4. The van der Waals surface area contributed by atoms with Gasteiger partial charge in [0.05, 0.1) is 0 Å². The minimum Gasteiger partial charge on any atom is -0.208 e. The van der Waals surface area contributed by atoms with Crippen molar-refractivity contribution >= 4 is 10.0 Å². The van der Waals surface area contributed by atoms with E-state index in [1.54, 1.807) is 0 Å². The molecule has 1 aromatic heterocycles. The highest BCUT2D eigenvalue weighted by Gasteiger charge is 2.44. The molecule has 0 saturated carbocycles. The van der Waals surface area contributed by atoms with E-state index in [0.29, 0.717) is 17.5 Å². The zero-order valence-electron chi connectivity index (χ0n) is 25.2. The highest BCUT2D eigenvalue weighted by molar-refractivity contribution is 8.34. The highest BCUT2D eigenvalue weighted by atomic mass is 32.3. The second-order valence-corrected chi connectivity index (χ2v) is 14.5. The van der Waals surface area contributed by atoms with Gasteiger partial charge in [0.25, 0.3) is 0 Å². The topological polar surface area (TPSA) is 38.7 Å². The zero-order valence-corrected chi connectivity index (χ0v) is 26.0. The molecule has 8 rings (SSSR count). The van der Waals surface area contributed by atoms with Crippen molar-refractivity contribution in [3.8, 4) is 45.3 Å². The summed E-state index contributed by atoms with van der Waals surface area (Å²) in [7, 11) is -1.90. The second-order valence-electron chi connectivity index (χ2n) is 11.5. The van der Waals surface area contributed by atoms with Gasteiger partial charge >= 0.3 is 0 Å². The predicted molar refractivity (Wildman–Crippen MR) is 185 cm³/mol. The van der Waals surface area contributed by atoms with Crippen molar-refractivity contribution in [1.29, 1.82) is 0 Å². The first-order valence-corrected chi connectivity index (χ1v) is 16.8. The Labute approximate surface area is 265 Å². The van der Waals surface area contributed by atoms with Crippen molar-refractivity contribution in [2.45, 2.75) is 33.4 Å². The fourth-order valence-electron chi connectivity index (χ4n) is 6.36. The lowest BCUT2D eigenvalue weighted by Crippen LogP contribution is -2.06. The number of fused-ring (bicyclic) bond motifs is 3. The van der Waals surface area contributed by atoms with E-state index in [0.717, 1.165) is 16.7 Å². The molecule has 45 heavy (non-hydrogen) atoms. The molecule has 0 aliphatic carbocycles. The van der Waals surface area contributed by atoms with Gasteiger partial charge in [-0.05, 0) is 55.3 Å². The molecule has 216 valence electrons. The molecule has 4 heteroatoms. The minimum absolute atomic E-state index is 0.666. The summed E-state index contributed by atoms with van der Waals surface area (Å²) >= 11 is 0. The summed E-state index contributed by atoms with van der Waals surface area (Å²) in [5.41, 5.74) is 7.96. The number of rotatable bonds is 5. The van der Waals surface area contributed by atoms with E-state index in [1.807, 2.05) is 36.4 Å². The minimum atomic E-state index is -1.90. The first kappa shape index (κ1) is 27.2. The predicted octanol–water partition coefficient (Wildman–Crippen LogP) is 10.8. The van der Waals surface area contributed by atoms with Gasteiger partial charge in [-0.1, -0.05) is 132 Å². The van der Waals surface area contributed by atoms with Crippen LogP contribution >= 0.6 is 10.0 Å². The van der Waals surface area contributed by atoms with Crippen molar-refractivity contribution in [2.24, 2.45) is 0 Å². The number of aromatic nitrogens is 3. The van der Waals surface area contributed by atoms with Gasteiger partial charge in [-0.3, -0.25) is 0 Å². The lowest BCUT2D eigenvalue weighted by atomic mass is 10.0. The van der Waals surface area contributed by atoms with Gasteiger partial charge in [-0.25, -0.2) is 15.0 Å². The molecule has 0 atom stereocenters. The van der Waals surface area contributed by atoms with Crippen molar-refractivity contribution in [3.63, 3.8) is 0 Å². The molecule has 0 N–H and O–H groups in total. The van der Waals surface area contributed by atoms with Crippen LogP contribution in [0.1, 0.15) is 11.1 Å². The standard InChI is InChI=1S/C41H31N3S/c1-28-20-24-32(25-21-28)45(33-26-22-29(2)23-27-33)37-19-10-9-16-34(37)35-17-11-18-36(38(35)45)41-43-39(30-12-5-3-6-13-30)42-40(44-41)31-14-7-4-8-15-31/h3-27H,1-2H3. The van der Waals surface area contributed by atoms with Crippen molar-refractivity contribution in [2.75, 3.05) is 0 Å². The lowest BCUT2D eigenvalue weighted by molar-refractivity contribution is 1.07. The van der Waals surface area contributed by atoms with Crippen LogP contribution in [0.15, 0.2) is 171 Å². The van der Waals surface area contributed by atoms with Gasteiger partial charge in [-0.15, -0.1) is 10.0 Å². The molecule has 0 amide bonds. The van der Waals surface area contributed by atoms with Gasteiger partial charge in [0, 0.05) is 36.3 Å². The molecular weight excluding hydrogens is 567 g/mol. The molecule has 3 nitrogen and oxygen atoms in total. The fraction of sp³-hybridized carbons (Fsp3) is 0.0488. The van der Waals surface area contributed by atoms with E-state index in [-0.39, 0.29) is 0 Å². The molecule has 1 aliphatic rings.